The van der Waals surface area contributed by atoms with E-state index in [2.05, 4.69) is 10.9 Å². The van der Waals surface area contributed by atoms with Crippen molar-refractivity contribution in [2.24, 2.45) is 4.99 Å². The lowest BCUT2D eigenvalue weighted by molar-refractivity contribution is 1.41. The predicted molar refractivity (Wildman–Crippen MR) is 41.6 cm³/mol. The summed E-state index contributed by atoms with van der Waals surface area (Å²) in [5.41, 5.74) is 1.79. The second kappa shape index (κ2) is 3.91. The Morgan fingerprint density at radius 2 is 2.22 bits per heavy atom. The molecule has 0 rings (SSSR count). The van der Waals surface area contributed by atoms with Gasteiger partial charge in [0.2, 0.25) is 0 Å². The highest BCUT2D eigenvalue weighted by atomic mass is 14.7. The summed E-state index contributed by atoms with van der Waals surface area (Å²) in [7, 11) is 1.70. The molecule has 0 spiro atoms. The summed E-state index contributed by atoms with van der Waals surface area (Å²) < 4.78 is 0. The summed E-state index contributed by atoms with van der Waals surface area (Å²) in [6.07, 6.45) is 7.08. The number of aliphatic imine (C=N–C) groups is 1. The lowest BCUT2D eigenvalue weighted by Crippen LogP contribution is -1.94. The number of hydrogen-bond acceptors (Lipinski definition) is 1. The van der Waals surface area contributed by atoms with Crippen molar-refractivity contribution in [3.05, 3.63) is 11.6 Å². The number of allylic oxidation sites excluding steroid dienone is 2. The molecular weight excluding hydrogens is 110 g/mol. The fourth-order valence-corrected chi connectivity index (χ4v) is 0.491. The normalized spacial score (nSPS) is 13.1. The molecule has 0 fully saturated rings. The van der Waals surface area contributed by atoms with Crippen molar-refractivity contribution in [3.63, 3.8) is 0 Å². The first kappa shape index (κ1) is 7.97. The van der Waals surface area contributed by atoms with Gasteiger partial charge in [0.1, 0.15) is 5.71 Å². The summed E-state index contributed by atoms with van der Waals surface area (Å²) in [4.78, 5) is 3.89. The minimum Gasteiger partial charge on any atom is -0.279 e. The largest absolute Gasteiger partial charge is 0.279 e. The van der Waals surface area contributed by atoms with Gasteiger partial charge in [0.15, 0.2) is 0 Å². The predicted octanol–water partition coefficient (Wildman–Crippen LogP) is 1.66. The molecule has 48 valence electrons. The van der Waals surface area contributed by atoms with Gasteiger partial charge in [-0.1, -0.05) is 12.0 Å². The maximum Gasteiger partial charge on any atom is 0.109 e. The van der Waals surface area contributed by atoms with Gasteiger partial charge in [0, 0.05) is 7.05 Å². The van der Waals surface area contributed by atoms with Gasteiger partial charge in [-0.2, -0.15) is 0 Å². The lowest BCUT2D eigenvalue weighted by atomic mass is 10.2. The molecular formula is C8H11N. The highest BCUT2D eigenvalue weighted by molar-refractivity contribution is 6.11. The summed E-state index contributed by atoms with van der Waals surface area (Å²) in [6.45, 7) is 3.89. The molecule has 0 aromatic carbocycles. The minimum atomic E-state index is 0.734. The van der Waals surface area contributed by atoms with Crippen molar-refractivity contribution < 1.29 is 0 Å². The molecule has 0 bridgehead atoms. The van der Waals surface area contributed by atoms with Crippen molar-refractivity contribution in [1.29, 1.82) is 0 Å². The van der Waals surface area contributed by atoms with E-state index in [1.807, 2.05) is 19.9 Å². The zero-order chi connectivity index (χ0) is 7.28. The Bertz CT molecular complexity index is 179. The summed E-state index contributed by atoms with van der Waals surface area (Å²) in [5, 5.41) is 0. The van der Waals surface area contributed by atoms with Crippen molar-refractivity contribution in [2.45, 2.75) is 13.8 Å². The van der Waals surface area contributed by atoms with Gasteiger partial charge in [0.25, 0.3) is 0 Å². The van der Waals surface area contributed by atoms with E-state index in [-0.39, 0.29) is 0 Å². The molecule has 0 saturated carbocycles. The standard InChI is InChI=1S/C8H11N/c1-5-7(3)8(6-2)9-4/h2,5H,1,3-4H3/b7-5-,9-8?. The minimum absolute atomic E-state index is 0.734. The van der Waals surface area contributed by atoms with E-state index < -0.39 is 0 Å². The summed E-state index contributed by atoms with van der Waals surface area (Å²) in [5.74, 6) is 2.48. The molecule has 1 heteroatoms. The van der Waals surface area contributed by atoms with E-state index in [0.29, 0.717) is 0 Å². The van der Waals surface area contributed by atoms with Crippen molar-refractivity contribution in [3.8, 4) is 12.3 Å². The first-order chi connectivity index (χ1) is 4.26. The van der Waals surface area contributed by atoms with Crippen LogP contribution in [0.15, 0.2) is 16.6 Å². The van der Waals surface area contributed by atoms with Gasteiger partial charge in [-0.3, -0.25) is 4.99 Å². The highest BCUT2D eigenvalue weighted by Gasteiger charge is 1.91. The van der Waals surface area contributed by atoms with Crippen LogP contribution in [0.1, 0.15) is 13.8 Å². The third-order valence-corrected chi connectivity index (χ3v) is 1.17. The molecule has 0 aliphatic rings. The Labute approximate surface area is 56.5 Å². The number of hydrogen-bond donors (Lipinski definition) is 0. The fourth-order valence-electron chi connectivity index (χ4n) is 0.491. The molecule has 0 aromatic heterocycles. The Hall–Kier alpha value is -1.03. The second-order valence-electron chi connectivity index (χ2n) is 1.69. The van der Waals surface area contributed by atoms with Crippen LogP contribution in [0.2, 0.25) is 0 Å². The van der Waals surface area contributed by atoms with E-state index in [1.165, 1.54) is 0 Å². The van der Waals surface area contributed by atoms with Gasteiger partial charge in [-0.15, -0.1) is 6.42 Å². The first-order valence-corrected chi connectivity index (χ1v) is 2.83. The van der Waals surface area contributed by atoms with Gasteiger partial charge in [-0.25, -0.2) is 0 Å². The zero-order valence-corrected chi connectivity index (χ0v) is 6.10. The first-order valence-electron chi connectivity index (χ1n) is 2.83. The molecule has 0 aromatic rings. The Kier molecular flexibility index (Phi) is 3.46. The van der Waals surface area contributed by atoms with Crippen LogP contribution in [0, 0.1) is 12.3 Å². The van der Waals surface area contributed by atoms with Crippen LogP contribution >= 0.6 is 0 Å². The van der Waals surface area contributed by atoms with E-state index in [4.69, 9.17) is 6.42 Å². The lowest BCUT2D eigenvalue weighted by Gasteiger charge is -1.93. The quantitative estimate of drug-likeness (QED) is 0.369. The third kappa shape index (κ3) is 2.14. The number of nitrogens with zero attached hydrogens (tertiary/aromatic N) is 1. The van der Waals surface area contributed by atoms with E-state index >= 15 is 0 Å². The SMILES string of the molecule is C#CC(=NC)/C(C)=C\C. The Morgan fingerprint density at radius 1 is 1.67 bits per heavy atom. The highest BCUT2D eigenvalue weighted by Crippen LogP contribution is 1.93. The number of terminal acetylenes is 1. The van der Waals surface area contributed by atoms with Crippen LogP contribution in [-0.2, 0) is 0 Å². The van der Waals surface area contributed by atoms with Crippen LogP contribution in [0.25, 0.3) is 0 Å². The molecule has 0 amide bonds. The van der Waals surface area contributed by atoms with Crippen molar-refractivity contribution in [1.82, 2.24) is 0 Å². The van der Waals surface area contributed by atoms with Crippen LogP contribution in [0.3, 0.4) is 0 Å². The van der Waals surface area contributed by atoms with Gasteiger partial charge in [-0.05, 0) is 19.4 Å². The average Bonchev–Trinajstić information content (AvgIpc) is 1.90. The van der Waals surface area contributed by atoms with Crippen molar-refractivity contribution in [2.75, 3.05) is 7.05 Å². The molecule has 0 heterocycles. The van der Waals surface area contributed by atoms with Crippen LogP contribution in [0.5, 0.6) is 0 Å². The van der Waals surface area contributed by atoms with Crippen molar-refractivity contribution >= 4 is 5.71 Å². The van der Waals surface area contributed by atoms with Crippen LogP contribution in [-0.4, -0.2) is 12.8 Å². The Balaban J connectivity index is 4.39. The Morgan fingerprint density at radius 3 is 2.33 bits per heavy atom. The molecule has 0 N–H and O–H groups in total. The molecule has 0 unspecified atom stereocenters. The maximum absolute atomic E-state index is 5.14. The van der Waals surface area contributed by atoms with E-state index in [1.54, 1.807) is 7.05 Å². The van der Waals surface area contributed by atoms with E-state index in [0.717, 1.165) is 11.3 Å². The van der Waals surface area contributed by atoms with Crippen LogP contribution < -0.4 is 0 Å². The smallest absolute Gasteiger partial charge is 0.109 e. The van der Waals surface area contributed by atoms with Gasteiger partial charge in [0.05, 0.1) is 0 Å². The third-order valence-electron chi connectivity index (χ3n) is 1.17. The van der Waals surface area contributed by atoms with Gasteiger partial charge >= 0.3 is 0 Å². The van der Waals surface area contributed by atoms with E-state index in [9.17, 15) is 0 Å². The average molecular weight is 121 g/mol. The molecule has 0 atom stereocenters. The molecule has 0 aliphatic carbocycles. The molecule has 0 saturated heterocycles. The molecule has 0 aliphatic heterocycles. The summed E-state index contributed by atoms with van der Waals surface area (Å²) in [6, 6.07) is 0. The molecule has 0 radical (unpaired) electrons. The summed E-state index contributed by atoms with van der Waals surface area (Å²) >= 11 is 0. The molecule has 1 nitrogen and oxygen atoms in total. The number of rotatable bonds is 1. The maximum atomic E-state index is 5.14. The topological polar surface area (TPSA) is 12.4 Å². The zero-order valence-electron chi connectivity index (χ0n) is 6.10. The molecule has 9 heavy (non-hydrogen) atoms. The fraction of sp³-hybridized carbons (Fsp3) is 0.375. The van der Waals surface area contributed by atoms with Crippen LogP contribution in [0.4, 0.5) is 0 Å². The van der Waals surface area contributed by atoms with Gasteiger partial charge < -0.3 is 0 Å². The second-order valence-corrected chi connectivity index (χ2v) is 1.69. The monoisotopic (exact) mass is 121 g/mol.